The molecule has 29 heavy (non-hydrogen) atoms. The second kappa shape index (κ2) is 21.4. The quantitative estimate of drug-likeness (QED) is 0.157. The Kier molecular flexibility index (Phi) is 20.3. The topological polar surface area (TPSA) is 92.4 Å². The van der Waals surface area contributed by atoms with Gasteiger partial charge in [0.15, 0.2) is 0 Å². The molecular formula is C24H46N2O3. The van der Waals surface area contributed by atoms with Crippen molar-refractivity contribution in [2.75, 3.05) is 6.54 Å². The van der Waals surface area contributed by atoms with E-state index in [0.29, 0.717) is 19.4 Å². The SMILES string of the molecule is C=CCCCCCCCCCCCCCCCC(=O)NCCCC[C@H](N)C(=O)O. The van der Waals surface area contributed by atoms with Gasteiger partial charge in [0, 0.05) is 13.0 Å². The molecule has 0 aliphatic rings. The number of unbranched alkanes of at least 4 members (excludes halogenated alkanes) is 14. The van der Waals surface area contributed by atoms with E-state index in [4.69, 9.17) is 10.8 Å². The van der Waals surface area contributed by atoms with Crippen LogP contribution in [-0.2, 0) is 9.59 Å². The zero-order chi connectivity index (χ0) is 21.6. The highest BCUT2D eigenvalue weighted by Crippen LogP contribution is 2.13. The van der Waals surface area contributed by atoms with Gasteiger partial charge in [-0.2, -0.15) is 0 Å². The van der Waals surface area contributed by atoms with Crippen LogP contribution in [0.1, 0.15) is 116 Å². The molecule has 0 fully saturated rings. The first-order valence-electron chi connectivity index (χ1n) is 11.9. The maximum Gasteiger partial charge on any atom is 0.320 e. The maximum absolute atomic E-state index is 11.7. The fourth-order valence-corrected chi connectivity index (χ4v) is 3.45. The lowest BCUT2D eigenvalue weighted by Crippen LogP contribution is -2.30. The molecule has 0 aromatic rings. The van der Waals surface area contributed by atoms with E-state index in [9.17, 15) is 9.59 Å². The van der Waals surface area contributed by atoms with Gasteiger partial charge in [-0.3, -0.25) is 9.59 Å². The van der Waals surface area contributed by atoms with Crippen molar-refractivity contribution in [1.29, 1.82) is 0 Å². The van der Waals surface area contributed by atoms with Crippen LogP contribution >= 0.6 is 0 Å². The van der Waals surface area contributed by atoms with Gasteiger partial charge in [-0.15, -0.1) is 6.58 Å². The van der Waals surface area contributed by atoms with E-state index in [1.807, 2.05) is 6.08 Å². The van der Waals surface area contributed by atoms with E-state index >= 15 is 0 Å². The molecule has 0 saturated heterocycles. The lowest BCUT2D eigenvalue weighted by Gasteiger charge is -2.07. The number of carboxylic acid groups (broad SMARTS) is 1. The van der Waals surface area contributed by atoms with Crippen LogP contribution in [0.4, 0.5) is 0 Å². The number of amides is 1. The molecular weight excluding hydrogens is 364 g/mol. The molecule has 1 amide bonds. The van der Waals surface area contributed by atoms with E-state index in [0.717, 1.165) is 32.1 Å². The summed E-state index contributed by atoms with van der Waals surface area (Å²) in [5.74, 6) is -0.850. The minimum Gasteiger partial charge on any atom is -0.480 e. The second-order valence-corrected chi connectivity index (χ2v) is 8.21. The number of nitrogens with one attached hydrogen (secondary N) is 1. The molecule has 0 radical (unpaired) electrons. The van der Waals surface area contributed by atoms with Crippen molar-refractivity contribution in [3.8, 4) is 0 Å². The molecule has 1 atom stereocenters. The van der Waals surface area contributed by atoms with Crippen LogP contribution in [0.25, 0.3) is 0 Å². The summed E-state index contributed by atoms with van der Waals surface area (Å²) >= 11 is 0. The molecule has 170 valence electrons. The van der Waals surface area contributed by atoms with Gasteiger partial charge < -0.3 is 16.2 Å². The minimum absolute atomic E-state index is 0.108. The molecule has 4 N–H and O–H groups in total. The number of nitrogens with two attached hydrogens (primary N) is 1. The fraction of sp³-hybridized carbons (Fsp3) is 0.833. The predicted octanol–water partition coefficient (Wildman–Crippen LogP) is 5.72. The first-order valence-corrected chi connectivity index (χ1v) is 11.9. The molecule has 0 aromatic carbocycles. The van der Waals surface area contributed by atoms with Crippen molar-refractivity contribution in [3.05, 3.63) is 12.7 Å². The highest BCUT2D eigenvalue weighted by molar-refractivity contribution is 5.75. The molecule has 0 aliphatic carbocycles. The van der Waals surface area contributed by atoms with Crippen molar-refractivity contribution in [1.82, 2.24) is 5.32 Å². The molecule has 0 unspecified atom stereocenters. The summed E-state index contributed by atoms with van der Waals surface area (Å²) < 4.78 is 0. The number of hydrogen-bond donors (Lipinski definition) is 3. The van der Waals surface area contributed by atoms with Crippen LogP contribution in [0.2, 0.25) is 0 Å². The molecule has 0 spiro atoms. The zero-order valence-corrected chi connectivity index (χ0v) is 18.6. The average Bonchev–Trinajstić information content (AvgIpc) is 2.70. The maximum atomic E-state index is 11.7. The highest BCUT2D eigenvalue weighted by Gasteiger charge is 2.10. The largest absolute Gasteiger partial charge is 0.480 e. The standard InChI is InChI=1S/C24H46N2O3/c1-2-3-4-5-6-7-8-9-10-11-12-13-14-15-16-20-23(27)26-21-18-17-19-22(25)24(28)29/h2,22H,1,3-21,25H2,(H,26,27)(H,28,29)/t22-/m0/s1. The van der Waals surface area contributed by atoms with Gasteiger partial charge in [0.05, 0.1) is 0 Å². The van der Waals surface area contributed by atoms with Crippen LogP contribution in [-0.4, -0.2) is 29.6 Å². The summed E-state index contributed by atoms with van der Waals surface area (Å²) in [6.07, 6.45) is 22.6. The summed E-state index contributed by atoms with van der Waals surface area (Å²) in [4.78, 5) is 22.3. The van der Waals surface area contributed by atoms with Crippen molar-refractivity contribution in [3.63, 3.8) is 0 Å². The van der Waals surface area contributed by atoms with E-state index in [1.165, 1.54) is 70.6 Å². The zero-order valence-electron chi connectivity index (χ0n) is 18.6. The van der Waals surface area contributed by atoms with Crippen molar-refractivity contribution < 1.29 is 14.7 Å². The number of rotatable bonds is 22. The van der Waals surface area contributed by atoms with Gasteiger partial charge in [0.25, 0.3) is 0 Å². The van der Waals surface area contributed by atoms with E-state index in [1.54, 1.807) is 0 Å². The predicted molar refractivity (Wildman–Crippen MR) is 122 cm³/mol. The van der Waals surface area contributed by atoms with Crippen LogP contribution in [0.3, 0.4) is 0 Å². The lowest BCUT2D eigenvalue weighted by molar-refractivity contribution is -0.138. The number of allylic oxidation sites excluding steroid dienone is 1. The van der Waals surface area contributed by atoms with Gasteiger partial charge in [-0.05, 0) is 38.5 Å². The van der Waals surface area contributed by atoms with Gasteiger partial charge in [0.2, 0.25) is 5.91 Å². The Balaban J connectivity index is 3.21. The summed E-state index contributed by atoms with van der Waals surface area (Å²) in [5.41, 5.74) is 5.44. The summed E-state index contributed by atoms with van der Waals surface area (Å²) in [7, 11) is 0. The molecule has 5 nitrogen and oxygen atoms in total. The Morgan fingerprint density at radius 3 is 1.76 bits per heavy atom. The third-order valence-corrected chi connectivity index (χ3v) is 5.39. The second-order valence-electron chi connectivity index (χ2n) is 8.21. The Hall–Kier alpha value is -1.36. The molecule has 0 aromatic heterocycles. The third-order valence-electron chi connectivity index (χ3n) is 5.39. The number of carbonyl (C=O) groups excluding carboxylic acids is 1. The first kappa shape index (κ1) is 27.6. The highest BCUT2D eigenvalue weighted by atomic mass is 16.4. The van der Waals surface area contributed by atoms with Crippen molar-refractivity contribution in [2.24, 2.45) is 5.73 Å². The Labute approximate surface area is 178 Å². The van der Waals surface area contributed by atoms with Crippen LogP contribution in [0.15, 0.2) is 12.7 Å². The first-order chi connectivity index (χ1) is 14.1. The van der Waals surface area contributed by atoms with Crippen LogP contribution < -0.4 is 11.1 Å². The molecule has 0 aliphatic heterocycles. The molecule has 0 saturated carbocycles. The van der Waals surface area contributed by atoms with Gasteiger partial charge in [-0.25, -0.2) is 0 Å². The summed E-state index contributed by atoms with van der Waals surface area (Å²) in [6, 6.07) is -0.789. The van der Waals surface area contributed by atoms with Crippen molar-refractivity contribution >= 4 is 11.9 Å². The third kappa shape index (κ3) is 21.2. The Morgan fingerprint density at radius 2 is 1.28 bits per heavy atom. The average molecular weight is 411 g/mol. The van der Waals surface area contributed by atoms with E-state index < -0.39 is 12.0 Å². The summed E-state index contributed by atoms with van der Waals surface area (Å²) in [5, 5.41) is 11.6. The van der Waals surface area contributed by atoms with Gasteiger partial charge in [-0.1, -0.05) is 76.7 Å². The summed E-state index contributed by atoms with van der Waals surface area (Å²) in [6.45, 7) is 4.37. The Bertz CT molecular complexity index is 413. The normalized spacial score (nSPS) is 11.9. The van der Waals surface area contributed by atoms with Gasteiger partial charge in [0.1, 0.15) is 6.04 Å². The molecule has 5 heteroatoms. The number of aliphatic carboxylic acids is 1. The Morgan fingerprint density at radius 1 is 0.793 bits per heavy atom. The lowest BCUT2D eigenvalue weighted by atomic mass is 10.0. The molecule has 0 rings (SSSR count). The molecule has 0 bridgehead atoms. The van der Waals surface area contributed by atoms with E-state index in [2.05, 4.69) is 11.9 Å². The number of carbonyl (C=O) groups is 2. The van der Waals surface area contributed by atoms with Crippen molar-refractivity contribution in [2.45, 2.75) is 122 Å². The fourth-order valence-electron chi connectivity index (χ4n) is 3.45. The van der Waals surface area contributed by atoms with Gasteiger partial charge >= 0.3 is 5.97 Å². The monoisotopic (exact) mass is 410 g/mol. The van der Waals surface area contributed by atoms with E-state index in [-0.39, 0.29) is 5.91 Å². The smallest absolute Gasteiger partial charge is 0.320 e. The van der Waals surface area contributed by atoms with Crippen LogP contribution in [0.5, 0.6) is 0 Å². The number of hydrogen-bond acceptors (Lipinski definition) is 3. The molecule has 0 heterocycles. The number of carboxylic acids is 1. The minimum atomic E-state index is -0.959. The van der Waals surface area contributed by atoms with Crippen LogP contribution in [0, 0.1) is 0 Å².